The van der Waals surface area contributed by atoms with Crippen LogP contribution in [-0.2, 0) is 0 Å². The summed E-state index contributed by atoms with van der Waals surface area (Å²) in [5.74, 6) is 1.01. The van der Waals surface area contributed by atoms with Gasteiger partial charge in [-0.3, -0.25) is 4.79 Å². The van der Waals surface area contributed by atoms with Crippen LogP contribution in [0.15, 0.2) is 38.0 Å². The molecule has 1 aliphatic rings. The molecule has 0 N–H and O–H groups in total. The maximum absolute atomic E-state index is 12.2. The highest BCUT2D eigenvalue weighted by molar-refractivity contribution is 9.10. The molecule has 2 aromatic rings. The number of carbonyl (C=O) groups excluding carboxylic acids is 1. The third kappa shape index (κ3) is 2.77. The Morgan fingerprint density at radius 1 is 1.32 bits per heavy atom. The van der Waals surface area contributed by atoms with Crippen LogP contribution in [0.4, 0.5) is 0 Å². The van der Waals surface area contributed by atoms with Gasteiger partial charge in [0.1, 0.15) is 0 Å². The van der Waals surface area contributed by atoms with Gasteiger partial charge in [-0.05, 0) is 69.2 Å². The van der Waals surface area contributed by atoms with Crippen molar-refractivity contribution in [1.29, 1.82) is 0 Å². The normalized spacial score (nSPS) is 16.8. The first-order valence-corrected chi connectivity index (χ1v) is 8.04. The van der Waals surface area contributed by atoms with Crippen molar-refractivity contribution in [3.05, 3.63) is 45.0 Å². The Bertz CT molecular complexity index is 556. The van der Waals surface area contributed by atoms with Crippen molar-refractivity contribution in [2.75, 3.05) is 13.1 Å². The second-order valence-electron chi connectivity index (χ2n) is 4.73. The Kier molecular flexibility index (Phi) is 3.75. The van der Waals surface area contributed by atoms with E-state index in [1.54, 1.807) is 23.5 Å². The number of likely N-dealkylation sites (tertiary alicyclic amines) is 1. The third-order valence-electron chi connectivity index (χ3n) is 3.58. The van der Waals surface area contributed by atoms with Crippen molar-refractivity contribution >= 4 is 33.2 Å². The average Bonchev–Trinajstić information content (AvgIpc) is 3.09. The highest BCUT2D eigenvalue weighted by Gasteiger charge is 2.26. The first-order chi connectivity index (χ1) is 9.24. The summed E-state index contributed by atoms with van der Waals surface area (Å²) in [5, 5.41) is 4.33. The van der Waals surface area contributed by atoms with Gasteiger partial charge in [-0.1, -0.05) is 0 Å². The van der Waals surface area contributed by atoms with Crippen LogP contribution in [0.25, 0.3) is 0 Å². The topological polar surface area (TPSA) is 33.5 Å². The van der Waals surface area contributed by atoms with Crippen LogP contribution in [-0.4, -0.2) is 23.9 Å². The Morgan fingerprint density at radius 2 is 2.11 bits per heavy atom. The minimum absolute atomic E-state index is 0.00512. The molecule has 2 aromatic heterocycles. The summed E-state index contributed by atoms with van der Waals surface area (Å²) in [4.78, 5) is 14.1. The molecule has 1 amide bonds. The highest BCUT2D eigenvalue weighted by atomic mass is 79.9. The second kappa shape index (κ2) is 5.51. The van der Waals surface area contributed by atoms with Crippen LogP contribution in [0, 0.1) is 0 Å². The van der Waals surface area contributed by atoms with Crippen LogP contribution < -0.4 is 0 Å². The second-order valence-corrected chi connectivity index (χ2v) is 6.29. The summed E-state index contributed by atoms with van der Waals surface area (Å²) in [5.41, 5.74) is 1.41. The molecule has 0 unspecified atom stereocenters. The number of nitrogens with zero attached hydrogens (tertiary/aromatic N) is 1. The number of hydrogen-bond donors (Lipinski definition) is 0. The van der Waals surface area contributed by atoms with Crippen molar-refractivity contribution in [2.24, 2.45) is 0 Å². The fourth-order valence-corrected chi connectivity index (χ4v) is 3.56. The van der Waals surface area contributed by atoms with Gasteiger partial charge in [-0.15, -0.1) is 0 Å². The minimum atomic E-state index is -0.00512. The average molecular weight is 340 g/mol. The van der Waals surface area contributed by atoms with Gasteiger partial charge in [-0.25, -0.2) is 0 Å². The van der Waals surface area contributed by atoms with Gasteiger partial charge >= 0.3 is 0 Å². The molecule has 0 aliphatic carbocycles. The molecular formula is C14H14BrNO2S. The van der Waals surface area contributed by atoms with E-state index < -0.39 is 0 Å². The fraction of sp³-hybridized carbons (Fsp3) is 0.357. The van der Waals surface area contributed by atoms with E-state index in [4.69, 9.17) is 4.42 Å². The molecule has 3 nitrogen and oxygen atoms in total. The number of halogens is 1. The smallest absolute Gasteiger partial charge is 0.289 e. The molecule has 1 aliphatic heterocycles. The van der Waals surface area contributed by atoms with Gasteiger partial charge in [0.15, 0.2) is 10.4 Å². The van der Waals surface area contributed by atoms with Crippen LogP contribution in [0.5, 0.6) is 0 Å². The Balaban J connectivity index is 1.62. The number of amides is 1. The van der Waals surface area contributed by atoms with Crippen LogP contribution in [0.2, 0.25) is 0 Å². The van der Waals surface area contributed by atoms with Gasteiger partial charge in [0.05, 0.1) is 0 Å². The summed E-state index contributed by atoms with van der Waals surface area (Å²) in [6.45, 7) is 1.61. The number of hydrogen-bond acceptors (Lipinski definition) is 3. The van der Waals surface area contributed by atoms with E-state index in [0.29, 0.717) is 16.3 Å². The zero-order valence-corrected chi connectivity index (χ0v) is 12.7. The highest BCUT2D eigenvalue weighted by Crippen LogP contribution is 2.30. The van der Waals surface area contributed by atoms with Gasteiger partial charge in [0, 0.05) is 13.1 Å². The Morgan fingerprint density at radius 3 is 2.68 bits per heavy atom. The van der Waals surface area contributed by atoms with Gasteiger partial charge in [-0.2, -0.15) is 11.3 Å². The van der Waals surface area contributed by atoms with Crippen LogP contribution in [0.3, 0.4) is 0 Å². The van der Waals surface area contributed by atoms with Crippen LogP contribution >= 0.6 is 27.3 Å². The molecule has 0 atom stereocenters. The number of carbonyl (C=O) groups is 1. The molecule has 100 valence electrons. The number of furan rings is 1. The SMILES string of the molecule is O=C(c1ccc(Br)o1)N1CCC(c2ccsc2)CC1. The first-order valence-electron chi connectivity index (χ1n) is 6.31. The van der Waals surface area contributed by atoms with Crippen molar-refractivity contribution in [3.8, 4) is 0 Å². The van der Waals surface area contributed by atoms with Crippen molar-refractivity contribution in [1.82, 2.24) is 4.90 Å². The summed E-state index contributed by atoms with van der Waals surface area (Å²) in [6, 6.07) is 5.67. The molecule has 3 rings (SSSR count). The van der Waals surface area contributed by atoms with Crippen molar-refractivity contribution in [3.63, 3.8) is 0 Å². The lowest BCUT2D eigenvalue weighted by Gasteiger charge is -2.31. The lowest BCUT2D eigenvalue weighted by Crippen LogP contribution is -2.37. The first kappa shape index (κ1) is 12.9. The number of piperidine rings is 1. The predicted octanol–water partition coefficient (Wildman–Crippen LogP) is 4.12. The molecule has 0 spiro atoms. The molecular weight excluding hydrogens is 326 g/mol. The predicted molar refractivity (Wildman–Crippen MR) is 78.6 cm³/mol. The Labute approximate surface area is 124 Å². The molecule has 1 fully saturated rings. The molecule has 1 saturated heterocycles. The van der Waals surface area contributed by atoms with E-state index >= 15 is 0 Å². The van der Waals surface area contributed by atoms with Gasteiger partial charge < -0.3 is 9.32 Å². The summed E-state index contributed by atoms with van der Waals surface area (Å²) in [7, 11) is 0. The minimum Gasteiger partial charge on any atom is -0.444 e. The molecule has 0 bridgehead atoms. The van der Waals surface area contributed by atoms with E-state index in [0.717, 1.165) is 25.9 Å². The summed E-state index contributed by atoms with van der Waals surface area (Å²) < 4.78 is 5.93. The van der Waals surface area contributed by atoms with Crippen molar-refractivity contribution in [2.45, 2.75) is 18.8 Å². The molecule has 19 heavy (non-hydrogen) atoms. The Hall–Kier alpha value is -1.07. The van der Waals surface area contributed by atoms with Gasteiger partial charge in [0.25, 0.3) is 5.91 Å². The van der Waals surface area contributed by atoms with E-state index in [9.17, 15) is 4.79 Å². The zero-order chi connectivity index (χ0) is 13.2. The molecule has 0 aromatic carbocycles. The maximum atomic E-state index is 12.2. The molecule has 0 saturated carbocycles. The number of thiophene rings is 1. The lowest BCUT2D eigenvalue weighted by molar-refractivity contribution is 0.0679. The fourth-order valence-electron chi connectivity index (χ4n) is 2.51. The van der Waals surface area contributed by atoms with E-state index in [1.165, 1.54) is 5.56 Å². The monoisotopic (exact) mass is 339 g/mol. The van der Waals surface area contributed by atoms with Gasteiger partial charge in [0.2, 0.25) is 0 Å². The molecule has 0 radical (unpaired) electrons. The quantitative estimate of drug-likeness (QED) is 0.824. The zero-order valence-electron chi connectivity index (χ0n) is 10.3. The van der Waals surface area contributed by atoms with E-state index in [1.807, 2.05) is 4.90 Å². The van der Waals surface area contributed by atoms with E-state index in [2.05, 4.69) is 32.8 Å². The maximum Gasteiger partial charge on any atom is 0.289 e. The largest absolute Gasteiger partial charge is 0.444 e. The molecule has 3 heterocycles. The standard InChI is InChI=1S/C14H14BrNO2S/c15-13-2-1-12(18-13)14(17)16-6-3-10(4-7-16)11-5-8-19-9-11/h1-2,5,8-10H,3-4,6-7H2. The lowest BCUT2D eigenvalue weighted by atomic mass is 9.91. The van der Waals surface area contributed by atoms with Crippen molar-refractivity contribution < 1.29 is 9.21 Å². The third-order valence-corrected chi connectivity index (χ3v) is 4.71. The number of rotatable bonds is 2. The van der Waals surface area contributed by atoms with E-state index in [-0.39, 0.29) is 5.91 Å². The molecule has 5 heteroatoms. The summed E-state index contributed by atoms with van der Waals surface area (Å²) in [6.07, 6.45) is 2.06. The van der Waals surface area contributed by atoms with Crippen LogP contribution in [0.1, 0.15) is 34.9 Å². The summed E-state index contributed by atoms with van der Waals surface area (Å²) >= 11 is 4.96.